The van der Waals surface area contributed by atoms with Crippen LogP contribution in [0.25, 0.3) is 0 Å². The molecule has 0 bridgehead atoms. The Morgan fingerprint density at radius 2 is 1.95 bits per heavy atom. The summed E-state index contributed by atoms with van der Waals surface area (Å²) >= 11 is 0. The van der Waals surface area contributed by atoms with Crippen molar-refractivity contribution in [2.24, 2.45) is 0 Å². The number of benzene rings is 1. The average Bonchev–Trinajstić information content (AvgIpc) is 2.37. The van der Waals surface area contributed by atoms with E-state index in [0.29, 0.717) is 25.8 Å². The number of nitrogens with zero attached hydrogens (tertiary/aromatic N) is 1. The second kappa shape index (κ2) is 6.29. The molecule has 114 valence electrons. The Balaban J connectivity index is 2.10. The van der Waals surface area contributed by atoms with E-state index in [1.807, 2.05) is 51.1 Å². The molecule has 1 amide bonds. The first-order valence-corrected chi connectivity index (χ1v) is 7.40. The van der Waals surface area contributed by atoms with E-state index in [2.05, 4.69) is 0 Å². The van der Waals surface area contributed by atoms with Crippen LogP contribution in [0.4, 0.5) is 4.79 Å². The molecule has 1 atom stereocenters. The number of carbonyl (C=O) groups excluding carboxylic acids is 2. The zero-order valence-electron chi connectivity index (χ0n) is 13.0. The molecule has 1 aromatic carbocycles. The van der Waals surface area contributed by atoms with Gasteiger partial charge in [-0.25, -0.2) is 4.79 Å². The van der Waals surface area contributed by atoms with Gasteiger partial charge in [0.05, 0.1) is 0 Å². The molecule has 0 N–H and O–H groups in total. The summed E-state index contributed by atoms with van der Waals surface area (Å²) < 4.78 is 5.46. The minimum absolute atomic E-state index is 0.108. The second-order valence-corrected chi connectivity index (χ2v) is 6.51. The van der Waals surface area contributed by atoms with Crippen LogP contribution in [0.5, 0.6) is 0 Å². The number of carbonyl (C=O) groups is 2. The molecule has 0 aliphatic carbocycles. The maximum Gasteiger partial charge on any atom is 0.410 e. The summed E-state index contributed by atoms with van der Waals surface area (Å²) in [6, 6.07) is 9.83. The van der Waals surface area contributed by atoms with E-state index in [1.165, 1.54) is 0 Å². The Hall–Kier alpha value is -1.84. The number of amides is 1. The van der Waals surface area contributed by atoms with Crippen LogP contribution >= 0.6 is 0 Å². The van der Waals surface area contributed by atoms with Crippen LogP contribution in [-0.4, -0.2) is 35.0 Å². The SMILES string of the molecule is CC(C)(C)OC(=O)N1CCC(=O)CC1Cc1ccccc1. The molecule has 1 aliphatic rings. The highest BCUT2D eigenvalue weighted by molar-refractivity contribution is 5.82. The van der Waals surface area contributed by atoms with Crippen molar-refractivity contribution in [3.05, 3.63) is 35.9 Å². The van der Waals surface area contributed by atoms with Crippen LogP contribution in [0.2, 0.25) is 0 Å². The van der Waals surface area contributed by atoms with Crippen LogP contribution in [-0.2, 0) is 16.0 Å². The van der Waals surface area contributed by atoms with Crippen molar-refractivity contribution < 1.29 is 14.3 Å². The highest BCUT2D eigenvalue weighted by Gasteiger charge is 2.33. The predicted molar refractivity (Wildman–Crippen MR) is 81.1 cm³/mol. The maximum absolute atomic E-state index is 12.3. The minimum Gasteiger partial charge on any atom is -0.444 e. The van der Waals surface area contributed by atoms with Gasteiger partial charge in [0.25, 0.3) is 0 Å². The second-order valence-electron chi connectivity index (χ2n) is 6.51. The summed E-state index contributed by atoms with van der Waals surface area (Å²) in [6.45, 7) is 6.01. The monoisotopic (exact) mass is 289 g/mol. The summed E-state index contributed by atoms with van der Waals surface area (Å²) in [4.78, 5) is 25.8. The largest absolute Gasteiger partial charge is 0.444 e. The molecule has 21 heavy (non-hydrogen) atoms. The molecule has 0 spiro atoms. The van der Waals surface area contributed by atoms with Gasteiger partial charge in [0.1, 0.15) is 11.4 Å². The van der Waals surface area contributed by atoms with E-state index in [-0.39, 0.29) is 17.9 Å². The van der Waals surface area contributed by atoms with Gasteiger partial charge in [-0.05, 0) is 32.8 Å². The lowest BCUT2D eigenvalue weighted by atomic mass is 9.95. The fourth-order valence-corrected chi connectivity index (χ4v) is 2.53. The van der Waals surface area contributed by atoms with Crippen LogP contribution < -0.4 is 0 Å². The normalized spacial score (nSPS) is 19.5. The quantitative estimate of drug-likeness (QED) is 0.840. The van der Waals surface area contributed by atoms with E-state index in [0.717, 1.165) is 5.56 Å². The fourth-order valence-electron chi connectivity index (χ4n) is 2.53. The molecule has 0 saturated carbocycles. The highest BCUT2D eigenvalue weighted by Crippen LogP contribution is 2.21. The van der Waals surface area contributed by atoms with Gasteiger partial charge in [-0.1, -0.05) is 30.3 Å². The number of ether oxygens (including phenoxy) is 1. The van der Waals surface area contributed by atoms with Crippen molar-refractivity contribution in [1.29, 1.82) is 0 Å². The van der Waals surface area contributed by atoms with E-state index >= 15 is 0 Å². The molecule has 0 aromatic heterocycles. The number of hydrogen-bond donors (Lipinski definition) is 0. The van der Waals surface area contributed by atoms with Gasteiger partial charge in [-0.2, -0.15) is 0 Å². The van der Waals surface area contributed by atoms with E-state index in [9.17, 15) is 9.59 Å². The molecule has 4 nitrogen and oxygen atoms in total. The lowest BCUT2D eigenvalue weighted by Crippen LogP contribution is -2.49. The van der Waals surface area contributed by atoms with Crippen molar-refractivity contribution in [3.63, 3.8) is 0 Å². The van der Waals surface area contributed by atoms with Crippen LogP contribution in [0.3, 0.4) is 0 Å². The first-order chi connectivity index (χ1) is 9.85. The number of ketones is 1. The van der Waals surface area contributed by atoms with E-state index in [4.69, 9.17) is 4.74 Å². The molecule has 1 saturated heterocycles. The zero-order valence-corrected chi connectivity index (χ0v) is 13.0. The van der Waals surface area contributed by atoms with Gasteiger partial charge in [0, 0.05) is 25.4 Å². The number of likely N-dealkylation sites (tertiary alicyclic amines) is 1. The maximum atomic E-state index is 12.3. The predicted octanol–water partition coefficient (Wildman–Crippen LogP) is 3.20. The van der Waals surface area contributed by atoms with Crippen molar-refractivity contribution in [3.8, 4) is 0 Å². The minimum atomic E-state index is -0.518. The van der Waals surface area contributed by atoms with Crippen molar-refractivity contribution >= 4 is 11.9 Å². The molecule has 4 heteroatoms. The molecule has 1 aliphatic heterocycles. The molecule has 2 rings (SSSR count). The van der Waals surface area contributed by atoms with Gasteiger partial charge in [-0.15, -0.1) is 0 Å². The number of hydrogen-bond acceptors (Lipinski definition) is 3. The lowest BCUT2D eigenvalue weighted by Gasteiger charge is -2.36. The third-order valence-corrected chi connectivity index (χ3v) is 3.48. The van der Waals surface area contributed by atoms with Crippen molar-refractivity contribution in [2.45, 2.75) is 51.7 Å². The molecule has 0 radical (unpaired) electrons. The van der Waals surface area contributed by atoms with E-state index in [1.54, 1.807) is 4.90 Å². The van der Waals surface area contributed by atoms with Gasteiger partial charge >= 0.3 is 6.09 Å². The Morgan fingerprint density at radius 1 is 1.29 bits per heavy atom. The third-order valence-electron chi connectivity index (χ3n) is 3.48. The molecule has 1 aromatic rings. The summed E-state index contributed by atoms with van der Waals surface area (Å²) in [7, 11) is 0. The zero-order chi connectivity index (χ0) is 15.5. The van der Waals surface area contributed by atoms with Crippen LogP contribution in [0.1, 0.15) is 39.2 Å². The standard InChI is InChI=1S/C17H23NO3/c1-17(2,3)21-16(20)18-10-9-15(19)12-14(18)11-13-7-5-4-6-8-13/h4-8,14H,9-12H2,1-3H3. The summed E-state index contributed by atoms with van der Waals surface area (Å²) in [5, 5.41) is 0. The van der Waals surface area contributed by atoms with Gasteiger partial charge in [-0.3, -0.25) is 4.79 Å². The van der Waals surface area contributed by atoms with Crippen LogP contribution in [0, 0.1) is 0 Å². The number of rotatable bonds is 2. The Bertz CT molecular complexity index is 505. The Kier molecular flexibility index (Phi) is 4.66. The molecule has 1 heterocycles. The van der Waals surface area contributed by atoms with Gasteiger partial charge in [0.15, 0.2) is 0 Å². The molecular weight excluding hydrogens is 266 g/mol. The smallest absolute Gasteiger partial charge is 0.410 e. The molecule has 1 unspecified atom stereocenters. The van der Waals surface area contributed by atoms with Gasteiger partial charge < -0.3 is 9.64 Å². The lowest BCUT2D eigenvalue weighted by molar-refractivity contribution is -0.122. The van der Waals surface area contributed by atoms with E-state index < -0.39 is 5.60 Å². The number of piperidine rings is 1. The van der Waals surface area contributed by atoms with Crippen molar-refractivity contribution in [1.82, 2.24) is 4.90 Å². The van der Waals surface area contributed by atoms with Gasteiger partial charge in [0.2, 0.25) is 0 Å². The Labute approximate surface area is 126 Å². The topological polar surface area (TPSA) is 46.6 Å². The summed E-state index contributed by atoms with van der Waals surface area (Å²) in [6.07, 6.45) is 1.20. The highest BCUT2D eigenvalue weighted by atomic mass is 16.6. The summed E-state index contributed by atoms with van der Waals surface area (Å²) in [5.74, 6) is 0.218. The molecule has 1 fully saturated rings. The third kappa shape index (κ3) is 4.59. The first kappa shape index (κ1) is 15.5. The first-order valence-electron chi connectivity index (χ1n) is 7.40. The summed E-state index contributed by atoms with van der Waals surface area (Å²) in [5.41, 5.74) is 0.612. The fraction of sp³-hybridized carbons (Fsp3) is 0.529. The van der Waals surface area contributed by atoms with Crippen LogP contribution in [0.15, 0.2) is 30.3 Å². The Morgan fingerprint density at radius 3 is 2.57 bits per heavy atom. The number of Topliss-reactive ketones (excluding diaryl/α,β-unsaturated/α-hetero) is 1. The van der Waals surface area contributed by atoms with Crippen molar-refractivity contribution in [2.75, 3.05) is 6.54 Å². The average molecular weight is 289 g/mol. The molecular formula is C17H23NO3.